The molecular formula is C14H21ClN2. The van der Waals surface area contributed by atoms with E-state index in [-0.39, 0.29) is 0 Å². The van der Waals surface area contributed by atoms with E-state index in [2.05, 4.69) is 18.8 Å². The molecule has 0 spiro atoms. The fourth-order valence-electron chi connectivity index (χ4n) is 2.55. The summed E-state index contributed by atoms with van der Waals surface area (Å²) in [6, 6.07) is 1.91. The lowest BCUT2D eigenvalue weighted by molar-refractivity contribution is 0.427. The van der Waals surface area contributed by atoms with Gasteiger partial charge in [-0.05, 0) is 31.2 Å². The van der Waals surface area contributed by atoms with Crippen LogP contribution in [0.4, 0.5) is 0 Å². The first-order valence-corrected chi connectivity index (χ1v) is 7.06. The zero-order valence-electron chi connectivity index (χ0n) is 10.7. The van der Waals surface area contributed by atoms with Crippen molar-refractivity contribution in [3.05, 3.63) is 22.7 Å². The number of hydrogen-bond donors (Lipinski definition) is 0. The van der Waals surface area contributed by atoms with E-state index in [0.29, 0.717) is 17.0 Å². The molecule has 0 aromatic carbocycles. The van der Waals surface area contributed by atoms with E-state index in [0.717, 1.165) is 17.9 Å². The van der Waals surface area contributed by atoms with Gasteiger partial charge in [-0.25, -0.2) is 9.97 Å². The van der Waals surface area contributed by atoms with E-state index in [4.69, 9.17) is 16.6 Å². The summed E-state index contributed by atoms with van der Waals surface area (Å²) in [6.07, 6.45) is 7.40. The molecule has 1 aliphatic rings. The van der Waals surface area contributed by atoms with E-state index in [9.17, 15) is 0 Å². The highest BCUT2D eigenvalue weighted by molar-refractivity contribution is 6.29. The molecule has 1 aromatic heterocycles. The van der Waals surface area contributed by atoms with Crippen LogP contribution < -0.4 is 0 Å². The van der Waals surface area contributed by atoms with Gasteiger partial charge in [0.2, 0.25) is 0 Å². The Morgan fingerprint density at radius 2 is 1.94 bits per heavy atom. The van der Waals surface area contributed by atoms with Crippen molar-refractivity contribution in [3.8, 4) is 0 Å². The highest BCUT2D eigenvalue weighted by Crippen LogP contribution is 2.31. The number of nitrogens with zero attached hydrogens (tertiary/aromatic N) is 2. The molecule has 1 aromatic rings. The average Bonchev–Trinajstić information content (AvgIpc) is 2.28. The summed E-state index contributed by atoms with van der Waals surface area (Å²) >= 11 is 6.10. The lowest BCUT2D eigenvalue weighted by atomic mass is 9.88. The number of aromatic nitrogens is 2. The first-order chi connectivity index (χ1) is 8.15. The third-order valence-electron chi connectivity index (χ3n) is 3.35. The maximum Gasteiger partial charge on any atom is 0.133 e. The van der Waals surface area contributed by atoms with Crippen LogP contribution >= 0.6 is 11.6 Å². The molecule has 3 heteroatoms. The van der Waals surface area contributed by atoms with Gasteiger partial charge in [0.05, 0.1) is 0 Å². The molecule has 2 rings (SSSR count). The molecule has 1 heterocycles. The Hall–Kier alpha value is -0.630. The maximum atomic E-state index is 6.10. The summed E-state index contributed by atoms with van der Waals surface area (Å²) in [4.78, 5) is 9.12. The SMILES string of the molecule is CC(C)Cc1cc(Cl)nc(C2CCCCC2)n1. The molecule has 0 saturated heterocycles. The lowest BCUT2D eigenvalue weighted by Gasteiger charge is -2.20. The fourth-order valence-corrected chi connectivity index (χ4v) is 2.76. The van der Waals surface area contributed by atoms with Crippen LogP contribution in [0, 0.1) is 5.92 Å². The van der Waals surface area contributed by atoms with E-state index in [1.807, 2.05) is 6.07 Å². The van der Waals surface area contributed by atoms with Crippen molar-refractivity contribution in [1.29, 1.82) is 0 Å². The second-order valence-corrected chi connectivity index (χ2v) is 5.86. The first-order valence-electron chi connectivity index (χ1n) is 6.68. The zero-order chi connectivity index (χ0) is 12.3. The van der Waals surface area contributed by atoms with Gasteiger partial charge in [0.15, 0.2) is 0 Å². The largest absolute Gasteiger partial charge is 0.238 e. The molecule has 2 nitrogen and oxygen atoms in total. The quantitative estimate of drug-likeness (QED) is 0.747. The van der Waals surface area contributed by atoms with Gasteiger partial charge in [-0.3, -0.25) is 0 Å². The fraction of sp³-hybridized carbons (Fsp3) is 0.714. The van der Waals surface area contributed by atoms with Crippen LogP contribution in [0.1, 0.15) is 63.4 Å². The Bertz CT molecular complexity index is 370. The molecule has 1 saturated carbocycles. The summed E-state index contributed by atoms with van der Waals surface area (Å²) in [5.74, 6) is 2.13. The highest BCUT2D eigenvalue weighted by atomic mass is 35.5. The molecule has 0 aliphatic heterocycles. The van der Waals surface area contributed by atoms with Gasteiger partial charge in [-0.15, -0.1) is 0 Å². The van der Waals surface area contributed by atoms with E-state index >= 15 is 0 Å². The molecule has 0 N–H and O–H groups in total. The monoisotopic (exact) mass is 252 g/mol. The standard InChI is InChI=1S/C14H21ClN2/c1-10(2)8-12-9-13(15)17-14(16-12)11-6-4-3-5-7-11/h9-11H,3-8H2,1-2H3. The second kappa shape index (κ2) is 5.81. The Balaban J connectivity index is 2.18. The topological polar surface area (TPSA) is 25.8 Å². The van der Waals surface area contributed by atoms with Crippen molar-refractivity contribution in [2.24, 2.45) is 5.92 Å². The molecule has 0 atom stereocenters. The van der Waals surface area contributed by atoms with Gasteiger partial charge < -0.3 is 0 Å². The van der Waals surface area contributed by atoms with Gasteiger partial charge in [0.1, 0.15) is 11.0 Å². The Morgan fingerprint density at radius 3 is 2.59 bits per heavy atom. The third kappa shape index (κ3) is 3.67. The van der Waals surface area contributed by atoms with Crippen LogP contribution in [0.15, 0.2) is 6.07 Å². The van der Waals surface area contributed by atoms with Crippen molar-refractivity contribution in [1.82, 2.24) is 9.97 Å². The molecule has 1 fully saturated rings. The van der Waals surface area contributed by atoms with Crippen molar-refractivity contribution < 1.29 is 0 Å². The molecular weight excluding hydrogens is 232 g/mol. The van der Waals surface area contributed by atoms with Gasteiger partial charge in [-0.2, -0.15) is 0 Å². The Morgan fingerprint density at radius 1 is 1.24 bits per heavy atom. The zero-order valence-corrected chi connectivity index (χ0v) is 11.5. The normalized spacial score (nSPS) is 17.6. The summed E-state index contributed by atoms with van der Waals surface area (Å²) in [5.41, 5.74) is 1.10. The van der Waals surface area contributed by atoms with Crippen molar-refractivity contribution in [2.45, 2.75) is 58.3 Å². The molecule has 0 bridgehead atoms. The van der Waals surface area contributed by atoms with Crippen molar-refractivity contribution in [2.75, 3.05) is 0 Å². The van der Waals surface area contributed by atoms with Gasteiger partial charge in [0.25, 0.3) is 0 Å². The van der Waals surface area contributed by atoms with E-state index in [1.165, 1.54) is 32.1 Å². The predicted molar refractivity (Wildman–Crippen MR) is 71.4 cm³/mol. The molecule has 17 heavy (non-hydrogen) atoms. The van der Waals surface area contributed by atoms with Gasteiger partial charge in [0, 0.05) is 11.6 Å². The summed E-state index contributed by atoms with van der Waals surface area (Å²) in [7, 11) is 0. The predicted octanol–water partition coefficient (Wildman–Crippen LogP) is 4.38. The first kappa shape index (κ1) is 12.8. The average molecular weight is 253 g/mol. The number of hydrogen-bond acceptors (Lipinski definition) is 2. The smallest absolute Gasteiger partial charge is 0.133 e. The maximum absolute atomic E-state index is 6.10. The van der Waals surface area contributed by atoms with Crippen molar-refractivity contribution in [3.63, 3.8) is 0 Å². The minimum atomic E-state index is 0.536. The molecule has 0 radical (unpaired) electrons. The van der Waals surface area contributed by atoms with Crippen LogP contribution in [0.5, 0.6) is 0 Å². The van der Waals surface area contributed by atoms with Crippen molar-refractivity contribution >= 4 is 11.6 Å². The lowest BCUT2D eigenvalue weighted by Crippen LogP contribution is -2.11. The second-order valence-electron chi connectivity index (χ2n) is 5.47. The Kier molecular flexibility index (Phi) is 4.38. The van der Waals surface area contributed by atoms with Crippen LogP contribution in [-0.2, 0) is 6.42 Å². The Labute approximate surface area is 109 Å². The van der Waals surface area contributed by atoms with E-state index in [1.54, 1.807) is 0 Å². The minimum absolute atomic E-state index is 0.536. The van der Waals surface area contributed by atoms with Crippen LogP contribution in [-0.4, -0.2) is 9.97 Å². The van der Waals surface area contributed by atoms with Crippen LogP contribution in [0.2, 0.25) is 5.15 Å². The minimum Gasteiger partial charge on any atom is -0.238 e. The van der Waals surface area contributed by atoms with E-state index < -0.39 is 0 Å². The van der Waals surface area contributed by atoms with Gasteiger partial charge >= 0.3 is 0 Å². The molecule has 94 valence electrons. The number of halogens is 1. The van der Waals surface area contributed by atoms with Crippen LogP contribution in [0.3, 0.4) is 0 Å². The van der Waals surface area contributed by atoms with Gasteiger partial charge in [-0.1, -0.05) is 44.7 Å². The molecule has 1 aliphatic carbocycles. The summed E-state index contributed by atoms with van der Waals surface area (Å²) in [5, 5.41) is 0.608. The molecule has 0 amide bonds. The third-order valence-corrected chi connectivity index (χ3v) is 3.55. The van der Waals surface area contributed by atoms with Crippen LogP contribution in [0.25, 0.3) is 0 Å². The summed E-state index contributed by atoms with van der Waals surface area (Å²) < 4.78 is 0. The summed E-state index contributed by atoms with van der Waals surface area (Å²) in [6.45, 7) is 4.41. The highest BCUT2D eigenvalue weighted by Gasteiger charge is 2.19. The number of rotatable bonds is 3. The molecule has 0 unspecified atom stereocenters.